The molecule has 1 fully saturated rings. The van der Waals surface area contributed by atoms with Gasteiger partial charge in [-0.2, -0.15) is 5.01 Å². The molecule has 0 saturated heterocycles. The lowest BCUT2D eigenvalue weighted by molar-refractivity contribution is -0.125. The summed E-state index contributed by atoms with van der Waals surface area (Å²) in [6, 6.07) is 14.2. The van der Waals surface area contributed by atoms with Crippen molar-refractivity contribution >= 4 is 17.3 Å². The van der Waals surface area contributed by atoms with Crippen molar-refractivity contribution in [2.75, 3.05) is 7.11 Å². The van der Waals surface area contributed by atoms with Crippen LogP contribution in [0.3, 0.4) is 0 Å². The lowest BCUT2D eigenvalue weighted by Gasteiger charge is -2.46. The number of halogens is 1. The molecule has 0 aromatic heterocycles. The minimum absolute atomic E-state index is 0.118. The Balaban J connectivity index is 1.58. The van der Waals surface area contributed by atoms with Crippen molar-refractivity contribution in [2.45, 2.75) is 37.5 Å². The number of hydrazine groups is 1. The van der Waals surface area contributed by atoms with Gasteiger partial charge in [0.1, 0.15) is 11.5 Å². The van der Waals surface area contributed by atoms with Crippen LogP contribution >= 0.6 is 11.6 Å². The topological polar surface area (TPSA) is 33.7 Å². The Morgan fingerprint density at radius 1 is 1.15 bits per heavy atom. The first-order valence-electron chi connectivity index (χ1n) is 9.09. The first kappa shape index (κ1) is 16.0. The number of benzene rings is 2. The fourth-order valence-corrected chi connectivity index (χ4v) is 4.53. The number of ether oxygens (including phenoxy) is 2. The molecule has 26 heavy (non-hydrogen) atoms. The third-order valence-electron chi connectivity index (χ3n) is 5.66. The Labute approximate surface area is 158 Å². The highest BCUT2D eigenvalue weighted by Crippen LogP contribution is 2.51. The molecule has 1 atom stereocenters. The van der Waals surface area contributed by atoms with E-state index in [9.17, 15) is 0 Å². The van der Waals surface area contributed by atoms with Crippen LogP contribution in [0.4, 0.5) is 0 Å². The average Bonchev–Trinajstić information content (AvgIpc) is 3.31. The van der Waals surface area contributed by atoms with Crippen LogP contribution in [0, 0.1) is 0 Å². The molecule has 3 aliphatic rings. The molecule has 5 rings (SSSR count). The van der Waals surface area contributed by atoms with Crippen LogP contribution in [0.2, 0.25) is 5.02 Å². The Hall–Kier alpha value is -2.17. The number of hydrogen-bond acceptors (Lipinski definition) is 4. The second-order valence-electron chi connectivity index (χ2n) is 7.17. The summed E-state index contributed by atoms with van der Waals surface area (Å²) in [6.07, 6.45) is 6.71. The smallest absolute Gasteiger partial charge is 0.180 e. The number of methoxy groups -OCH3 is 1. The Morgan fingerprint density at radius 2 is 1.92 bits per heavy atom. The predicted octanol–water partition coefficient (Wildman–Crippen LogP) is 4.91. The van der Waals surface area contributed by atoms with Crippen molar-refractivity contribution < 1.29 is 9.47 Å². The fourth-order valence-electron chi connectivity index (χ4n) is 4.35. The molecule has 0 amide bonds. The molecule has 1 spiro atoms. The minimum Gasteiger partial charge on any atom is -0.497 e. The molecule has 5 heteroatoms. The Bertz CT molecular complexity index is 872. The molecule has 1 N–H and O–H groups in total. The summed E-state index contributed by atoms with van der Waals surface area (Å²) in [7, 11) is 1.68. The van der Waals surface area contributed by atoms with Gasteiger partial charge in [0.2, 0.25) is 0 Å². The van der Waals surface area contributed by atoms with Crippen LogP contribution in [-0.2, 0) is 0 Å². The fraction of sp³-hybridized carbons (Fsp3) is 0.333. The first-order valence-corrected chi connectivity index (χ1v) is 9.47. The maximum atomic E-state index is 6.52. The number of nitrogens with zero attached hydrogens (tertiary/aromatic N) is 1. The molecule has 2 aromatic carbocycles. The van der Waals surface area contributed by atoms with E-state index in [1.165, 1.54) is 12.8 Å². The van der Waals surface area contributed by atoms with Crippen LogP contribution in [0.15, 0.2) is 48.5 Å². The maximum Gasteiger partial charge on any atom is 0.180 e. The number of rotatable bonds is 2. The molecule has 0 bridgehead atoms. The van der Waals surface area contributed by atoms with Crippen LogP contribution in [0.25, 0.3) is 5.70 Å². The van der Waals surface area contributed by atoms with Crippen molar-refractivity contribution in [1.82, 2.24) is 10.4 Å². The summed E-state index contributed by atoms with van der Waals surface area (Å²) < 4.78 is 11.8. The second-order valence-corrected chi connectivity index (χ2v) is 7.61. The SMILES string of the molecule is COc1ccc(C2=C[C@H]3c4cc(Cl)ccc4OC4(CCCC4)N3N2)cc1. The Kier molecular flexibility index (Phi) is 3.66. The van der Waals surface area contributed by atoms with Gasteiger partial charge >= 0.3 is 0 Å². The van der Waals surface area contributed by atoms with Crippen LogP contribution in [-0.4, -0.2) is 17.8 Å². The third-order valence-corrected chi connectivity index (χ3v) is 5.89. The molecule has 2 aromatic rings. The largest absolute Gasteiger partial charge is 0.497 e. The molecule has 134 valence electrons. The summed E-state index contributed by atoms with van der Waals surface area (Å²) in [5.74, 6) is 1.81. The van der Waals surface area contributed by atoms with Gasteiger partial charge in [0, 0.05) is 23.4 Å². The quantitative estimate of drug-likeness (QED) is 0.816. The molecule has 4 nitrogen and oxygen atoms in total. The van der Waals surface area contributed by atoms with Crippen molar-refractivity contribution in [3.05, 3.63) is 64.7 Å². The molecular weight excluding hydrogens is 348 g/mol. The van der Waals surface area contributed by atoms with Crippen molar-refractivity contribution in [3.8, 4) is 11.5 Å². The van der Waals surface area contributed by atoms with E-state index in [1.807, 2.05) is 30.3 Å². The standard InChI is InChI=1S/C21H21ClN2O2/c1-25-16-7-4-14(5-8-16)18-13-19-17-12-15(22)6-9-20(17)26-21(24(19)23-18)10-2-3-11-21/h4-9,12-13,19,23H,2-3,10-11H2,1H3/t19-/m0/s1. The molecule has 1 aliphatic carbocycles. The zero-order valence-electron chi connectivity index (χ0n) is 14.7. The van der Waals surface area contributed by atoms with Crippen LogP contribution in [0.5, 0.6) is 11.5 Å². The zero-order valence-corrected chi connectivity index (χ0v) is 15.4. The van der Waals surface area contributed by atoms with E-state index in [-0.39, 0.29) is 11.8 Å². The zero-order chi connectivity index (χ0) is 17.7. The Morgan fingerprint density at radius 3 is 2.65 bits per heavy atom. The number of fused-ring (bicyclic) bond motifs is 4. The van der Waals surface area contributed by atoms with Gasteiger partial charge in [0.15, 0.2) is 5.72 Å². The highest BCUT2D eigenvalue weighted by Gasteiger charge is 2.51. The maximum absolute atomic E-state index is 6.52. The van der Waals surface area contributed by atoms with E-state index in [2.05, 4.69) is 28.6 Å². The molecule has 1 saturated carbocycles. The summed E-state index contributed by atoms with van der Waals surface area (Å²) in [4.78, 5) is 0. The highest BCUT2D eigenvalue weighted by atomic mass is 35.5. The van der Waals surface area contributed by atoms with E-state index in [0.717, 1.165) is 46.2 Å². The van der Waals surface area contributed by atoms with Gasteiger partial charge in [-0.15, -0.1) is 0 Å². The van der Waals surface area contributed by atoms with Crippen molar-refractivity contribution in [2.24, 2.45) is 0 Å². The average molecular weight is 369 g/mol. The van der Waals surface area contributed by atoms with Gasteiger partial charge in [0.25, 0.3) is 0 Å². The van der Waals surface area contributed by atoms with E-state index >= 15 is 0 Å². The normalized spacial score (nSPS) is 23.0. The van der Waals surface area contributed by atoms with Crippen LogP contribution in [0.1, 0.15) is 42.9 Å². The minimum atomic E-state index is -0.282. The van der Waals surface area contributed by atoms with E-state index in [4.69, 9.17) is 21.1 Å². The van der Waals surface area contributed by atoms with Gasteiger partial charge in [-0.1, -0.05) is 11.6 Å². The van der Waals surface area contributed by atoms with Gasteiger partial charge < -0.3 is 14.9 Å². The second kappa shape index (κ2) is 5.93. The van der Waals surface area contributed by atoms with E-state index in [1.54, 1.807) is 7.11 Å². The van der Waals surface area contributed by atoms with Gasteiger partial charge in [-0.05, 0) is 66.9 Å². The highest BCUT2D eigenvalue weighted by molar-refractivity contribution is 6.30. The van der Waals surface area contributed by atoms with Crippen molar-refractivity contribution in [1.29, 1.82) is 0 Å². The molecular formula is C21H21ClN2O2. The van der Waals surface area contributed by atoms with E-state index < -0.39 is 0 Å². The molecule has 0 unspecified atom stereocenters. The molecule has 0 radical (unpaired) electrons. The predicted molar refractivity (Wildman–Crippen MR) is 102 cm³/mol. The summed E-state index contributed by atoms with van der Waals surface area (Å²) in [5.41, 5.74) is 6.69. The summed E-state index contributed by atoms with van der Waals surface area (Å²) >= 11 is 6.28. The van der Waals surface area contributed by atoms with Gasteiger partial charge in [-0.25, -0.2) is 0 Å². The van der Waals surface area contributed by atoms with Gasteiger partial charge in [-0.3, -0.25) is 0 Å². The van der Waals surface area contributed by atoms with E-state index in [0.29, 0.717) is 0 Å². The summed E-state index contributed by atoms with van der Waals surface area (Å²) in [5, 5.41) is 3.03. The van der Waals surface area contributed by atoms with Gasteiger partial charge in [0.05, 0.1) is 18.8 Å². The number of nitrogens with one attached hydrogen (secondary N) is 1. The lowest BCUT2D eigenvalue weighted by atomic mass is 9.98. The van der Waals surface area contributed by atoms with Crippen LogP contribution < -0.4 is 14.9 Å². The summed E-state index contributed by atoms with van der Waals surface area (Å²) in [6.45, 7) is 0. The number of hydrogen-bond donors (Lipinski definition) is 1. The molecule has 2 heterocycles. The monoisotopic (exact) mass is 368 g/mol. The third kappa shape index (κ3) is 2.40. The first-order chi connectivity index (χ1) is 12.7. The molecule has 2 aliphatic heterocycles. The van der Waals surface area contributed by atoms with Crippen molar-refractivity contribution in [3.63, 3.8) is 0 Å². The lowest BCUT2D eigenvalue weighted by Crippen LogP contribution is -2.58.